The Morgan fingerprint density at radius 2 is 1.66 bits per heavy atom. The van der Waals surface area contributed by atoms with Gasteiger partial charge >= 0.3 is 6.18 Å². The van der Waals surface area contributed by atoms with E-state index < -0.39 is 65.0 Å². The molecule has 2 aromatic carbocycles. The summed E-state index contributed by atoms with van der Waals surface area (Å²) in [6, 6.07) is 7.85. The summed E-state index contributed by atoms with van der Waals surface area (Å²) in [6.07, 6.45) is -5.51. The molecule has 2 N–H and O–H groups in total. The molecule has 3 aromatic rings. The van der Waals surface area contributed by atoms with Crippen LogP contribution in [0.25, 0.3) is 0 Å². The molecule has 6 rings (SSSR count). The molecule has 3 fully saturated rings. The van der Waals surface area contributed by atoms with Gasteiger partial charge in [0.05, 0.1) is 6.54 Å². The topological polar surface area (TPSA) is 80.4 Å². The van der Waals surface area contributed by atoms with E-state index in [-0.39, 0.29) is 25.0 Å². The van der Waals surface area contributed by atoms with Crippen molar-refractivity contribution in [2.45, 2.75) is 55.0 Å². The lowest BCUT2D eigenvalue weighted by Crippen LogP contribution is -2.76. The first-order valence-electron chi connectivity index (χ1n) is 11.6. The lowest BCUT2D eigenvalue weighted by atomic mass is 9.30. The van der Waals surface area contributed by atoms with E-state index >= 15 is 8.78 Å². The smallest absolute Gasteiger partial charge is 0.417 e. The van der Waals surface area contributed by atoms with E-state index in [1.807, 2.05) is 0 Å². The molecule has 2 atom stereocenters. The van der Waals surface area contributed by atoms with Gasteiger partial charge in [0, 0.05) is 11.0 Å². The summed E-state index contributed by atoms with van der Waals surface area (Å²) in [7, 11) is 0. The summed E-state index contributed by atoms with van der Waals surface area (Å²) in [6.45, 7) is -1.87. The maximum Gasteiger partial charge on any atom is 0.417 e. The van der Waals surface area contributed by atoms with Crippen LogP contribution in [-0.4, -0.2) is 49.8 Å². The van der Waals surface area contributed by atoms with Gasteiger partial charge in [0.15, 0.2) is 11.7 Å². The number of alkyl halides is 5. The Hall–Kier alpha value is -3.19. The van der Waals surface area contributed by atoms with Crippen molar-refractivity contribution in [1.29, 1.82) is 0 Å². The van der Waals surface area contributed by atoms with Gasteiger partial charge < -0.3 is 14.9 Å². The van der Waals surface area contributed by atoms with Crippen LogP contribution in [0.1, 0.15) is 30.4 Å². The van der Waals surface area contributed by atoms with E-state index in [2.05, 4.69) is 10.1 Å². The van der Waals surface area contributed by atoms with Crippen LogP contribution in [0.3, 0.4) is 0 Å². The Labute approximate surface area is 211 Å². The van der Waals surface area contributed by atoms with Crippen LogP contribution in [0.4, 0.5) is 30.7 Å². The fourth-order valence-electron chi connectivity index (χ4n) is 5.76. The average Bonchev–Trinajstić information content (AvgIpc) is 3.30. The van der Waals surface area contributed by atoms with Crippen LogP contribution < -0.4 is 4.74 Å². The molecule has 0 unspecified atom stereocenters. The average molecular weight is 545 g/mol. The first-order chi connectivity index (χ1) is 17.7. The molecule has 2 bridgehead atoms. The summed E-state index contributed by atoms with van der Waals surface area (Å²) in [4.78, 5) is 3.67. The third-order valence-corrected chi connectivity index (χ3v) is 7.70. The molecule has 1 heterocycles. The maximum atomic E-state index is 16.2. The number of rotatable bonds is 9. The monoisotopic (exact) mass is 545 g/mol. The van der Waals surface area contributed by atoms with Gasteiger partial charge in [0.1, 0.15) is 36.6 Å². The normalized spacial score (nSPS) is 25.2. The minimum atomic E-state index is -4.82. The van der Waals surface area contributed by atoms with Crippen LogP contribution in [0, 0.1) is 17.0 Å². The summed E-state index contributed by atoms with van der Waals surface area (Å²) >= 11 is 0. The van der Waals surface area contributed by atoms with E-state index in [0.717, 1.165) is 23.4 Å². The lowest BCUT2D eigenvalue weighted by Gasteiger charge is -2.74. The Balaban J connectivity index is 1.36. The van der Waals surface area contributed by atoms with Crippen molar-refractivity contribution in [2.24, 2.45) is 5.41 Å². The van der Waals surface area contributed by atoms with Crippen molar-refractivity contribution in [3.05, 3.63) is 77.9 Å². The standard InChI is InChI=1S/C25H22F7N3O3/c26-16-3-6-19(27)18(7-16)23(37,12-35-14-33-13-34-35)25(31,32)22-9-21(10-22,11-22)15-1-4-17(5-2-15)38-8-20(36)24(28,29)30/h1-7,13-14,20,36-37H,8-12H2/t20-,21?,22?,23+/m1/s1. The molecule has 0 radical (unpaired) electrons. The zero-order valence-corrected chi connectivity index (χ0v) is 19.6. The molecular formula is C25H22F7N3O3. The van der Waals surface area contributed by atoms with Gasteiger partial charge in [0.2, 0.25) is 0 Å². The third kappa shape index (κ3) is 4.03. The van der Waals surface area contributed by atoms with Crippen LogP contribution >= 0.6 is 0 Å². The Morgan fingerprint density at radius 3 is 2.24 bits per heavy atom. The van der Waals surface area contributed by atoms with Gasteiger partial charge in [0.25, 0.3) is 5.92 Å². The molecule has 6 nitrogen and oxygen atoms in total. The number of aromatic nitrogens is 3. The summed E-state index contributed by atoms with van der Waals surface area (Å²) in [5.41, 5.74) is -5.75. The number of benzene rings is 2. The highest BCUT2D eigenvalue weighted by Gasteiger charge is 2.82. The molecule has 3 saturated carbocycles. The molecule has 0 amide bonds. The number of hydrogen-bond acceptors (Lipinski definition) is 5. The van der Waals surface area contributed by atoms with Crippen molar-refractivity contribution in [1.82, 2.24) is 14.8 Å². The second kappa shape index (κ2) is 8.67. The zero-order valence-electron chi connectivity index (χ0n) is 19.6. The molecular weight excluding hydrogens is 523 g/mol. The van der Waals surface area contributed by atoms with Crippen molar-refractivity contribution in [3.8, 4) is 5.75 Å². The maximum absolute atomic E-state index is 16.2. The molecule has 13 heteroatoms. The van der Waals surface area contributed by atoms with Gasteiger partial charge in [-0.3, -0.25) is 0 Å². The quantitative estimate of drug-likeness (QED) is 0.387. The minimum Gasteiger partial charge on any atom is -0.491 e. The molecule has 0 saturated heterocycles. The number of aliphatic hydroxyl groups is 2. The predicted octanol–water partition coefficient (Wildman–Crippen LogP) is 4.50. The van der Waals surface area contributed by atoms with Gasteiger partial charge in [-0.05, 0) is 60.6 Å². The second-order valence-electron chi connectivity index (χ2n) is 10.1. The molecule has 0 spiro atoms. The highest BCUT2D eigenvalue weighted by atomic mass is 19.4. The van der Waals surface area contributed by atoms with Crippen molar-refractivity contribution in [3.63, 3.8) is 0 Å². The number of ether oxygens (including phenoxy) is 1. The number of halogens is 7. The first-order valence-corrected chi connectivity index (χ1v) is 11.6. The molecule has 3 aliphatic carbocycles. The third-order valence-electron chi connectivity index (χ3n) is 7.70. The van der Waals surface area contributed by atoms with Crippen LogP contribution in [0.2, 0.25) is 0 Å². The minimum absolute atomic E-state index is 0.0589. The predicted molar refractivity (Wildman–Crippen MR) is 117 cm³/mol. The number of nitrogens with zero attached hydrogens (tertiary/aromatic N) is 3. The van der Waals surface area contributed by atoms with Crippen molar-refractivity contribution in [2.75, 3.05) is 6.61 Å². The summed E-state index contributed by atoms with van der Waals surface area (Å²) in [5, 5.41) is 24.2. The Bertz CT molecular complexity index is 1290. The highest BCUT2D eigenvalue weighted by Crippen LogP contribution is 2.80. The SMILES string of the molecule is O[C@H](COc1ccc(C23CC(C(F)(F)[C@](O)(Cn4cncn4)c4cc(F)ccc4F)(C2)C3)cc1)C(F)(F)F. The zero-order chi connectivity index (χ0) is 27.6. The molecule has 3 aliphatic rings. The summed E-state index contributed by atoms with van der Waals surface area (Å²) in [5.74, 6) is -6.03. The van der Waals surface area contributed by atoms with Crippen LogP contribution in [0.5, 0.6) is 5.75 Å². The highest BCUT2D eigenvalue weighted by molar-refractivity contribution is 5.44. The largest absolute Gasteiger partial charge is 0.491 e. The van der Waals surface area contributed by atoms with Crippen LogP contribution in [-0.2, 0) is 17.6 Å². The first kappa shape index (κ1) is 26.4. The van der Waals surface area contributed by atoms with Gasteiger partial charge in [-0.2, -0.15) is 18.3 Å². The molecule has 38 heavy (non-hydrogen) atoms. The van der Waals surface area contributed by atoms with Crippen molar-refractivity contribution >= 4 is 0 Å². The fraction of sp³-hybridized carbons (Fsp3) is 0.440. The fourth-order valence-corrected chi connectivity index (χ4v) is 5.76. The number of aliphatic hydroxyl groups excluding tert-OH is 1. The van der Waals surface area contributed by atoms with E-state index in [4.69, 9.17) is 9.84 Å². The van der Waals surface area contributed by atoms with E-state index in [1.54, 1.807) is 12.1 Å². The van der Waals surface area contributed by atoms with Gasteiger partial charge in [-0.25, -0.2) is 27.2 Å². The van der Waals surface area contributed by atoms with E-state index in [1.165, 1.54) is 12.1 Å². The summed E-state index contributed by atoms with van der Waals surface area (Å²) < 4.78 is 104. The number of hydrogen-bond donors (Lipinski definition) is 2. The lowest BCUT2D eigenvalue weighted by molar-refractivity contribution is -0.347. The van der Waals surface area contributed by atoms with Crippen LogP contribution in [0.15, 0.2) is 55.1 Å². The van der Waals surface area contributed by atoms with E-state index in [9.17, 15) is 27.1 Å². The Morgan fingerprint density at radius 1 is 1.00 bits per heavy atom. The van der Waals surface area contributed by atoms with Gasteiger partial charge in [-0.1, -0.05) is 12.1 Å². The molecule has 204 valence electrons. The van der Waals surface area contributed by atoms with Gasteiger partial charge in [-0.15, -0.1) is 0 Å². The molecule has 1 aromatic heterocycles. The van der Waals surface area contributed by atoms with Crippen molar-refractivity contribution < 1.29 is 45.7 Å². The Kier molecular flexibility index (Phi) is 6.02. The van der Waals surface area contributed by atoms with E-state index in [0.29, 0.717) is 17.7 Å². The molecule has 0 aliphatic heterocycles. The second-order valence-corrected chi connectivity index (χ2v) is 10.1.